The third kappa shape index (κ3) is 4.35. The number of halogens is 1. The van der Waals surface area contributed by atoms with Gasteiger partial charge in [0.1, 0.15) is 4.34 Å². The zero-order chi connectivity index (χ0) is 20.2. The van der Waals surface area contributed by atoms with Crippen LogP contribution in [0.1, 0.15) is 15.9 Å². The van der Waals surface area contributed by atoms with Crippen molar-refractivity contribution in [3.05, 3.63) is 69.9 Å². The predicted molar refractivity (Wildman–Crippen MR) is 115 cm³/mol. The second-order valence-corrected chi connectivity index (χ2v) is 8.51. The number of benzene rings is 1. The van der Waals surface area contributed by atoms with E-state index >= 15 is 0 Å². The van der Waals surface area contributed by atoms with Crippen molar-refractivity contribution in [2.24, 2.45) is 0 Å². The Bertz CT molecular complexity index is 1000. The number of piperazine rings is 1. The van der Waals surface area contributed by atoms with Gasteiger partial charge < -0.3 is 9.80 Å². The molecule has 8 heteroatoms. The van der Waals surface area contributed by atoms with Crippen LogP contribution in [-0.4, -0.2) is 60.0 Å². The van der Waals surface area contributed by atoms with Crippen LogP contribution < -0.4 is 4.90 Å². The topological polar surface area (TPSA) is 63.5 Å². The Hall–Kier alpha value is -2.66. The summed E-state index contributed by atoms with van der Waals surface area (Å²) < 4.78 is 0.679. The van der Waals surface area contributed by atoms with E-state index in [0.29, 0.717) is 28.6 Å². The molecular weight excluding hydrogens is 406 g/mol. The second-order valence-electron chi connectivity index (χ2n) is 6.87. The molecule has 1 saturated heterocycles. The van der Waals surface area contributed by atoms with Gasteiger partial charge in [-0.3, -0.25) is 9.69 Å². The molecule has 2 aliphatic rings. The summed E-state index contributed by atoms with van der Waals surface area (Å²) in [6.07, 6.45) is 7.96. The van der Waals surface area contributed by atoms with E-state index in [1.807, 2.05) is 4.90 Å². The number of carbonyl (C=O) groups excluding carboxylic acids is 1. The fourth-order valence-corrected chi connectivity index (χ4v) is 4.48. The number of nitrogens with zero attached hydrogens (tertiary/aromatic N) is 5. The number of rotatable bonds is 4. The predicted octanol–water partition coefficient (Wildman–Crippen LogP) is 3.39. The van der Waals surface area contributed by atoms with Crippen LogP contribution in [0.25, 0.3) is 0 Å². The average molecular weight is 426 g/mol. The lowest BCUT2D eigenvalue weighted by molar-refractivity contribution is 0.0647. The molecule has 1 amide bonds. The maximum atomic E-state index is 12.8. The lowest BCUT2D eigenvalue weighted by Crippen LogP contribution is -2.50. The minimum absolute atomic E-state index is 0.0688. The molecule has 0 aliphatic carbocycles. The fraction of sp³-hybridized carbons (Fsp3) is 0.286. The van der Waals surface area contributed by atoms with E-state index in [1.165, 1.54) is 17.0 Å². The molecule has 1 aromatic carbocycles. The highest BCUT2D eigenvalue weighted by Crippen LogP contribution is 2.30. The highest BCUT2D eigenvalue weighted by Gasteiger charge is 2.25. The summed E-state index contributed by atoms with van der Waals surface area (Å²) in [5.41, 5.74) is 2.08. The molecule has 0 bridgehead atoms. The van der Waals surface area contributed by atoms with Crippen molar-refractivity contribution >= 4 is 34.0 Å². The number of hydrogen-bond acceptors (Lipinski definition) is 6. The van der Waals surface area contributed by atoms with Gasteiger partial charge in [-0.25, -0.2) is 4.98 Å². The van der Waals surface area contributed by atoms with E-state index in [2.05, 4.69) is 39.1 Å². The molecule has 0 saturated carbocycles. The molecule has 1 fully saturated rings. The van der Waals surface area contributed by atoms with Crippen LogP contribution in [0.2, 0.25) is 4.34 Å². The maximum Gasteiger partial charge on any atom is 0.255 e. The monoisotopic (exact) mass is 425 g/mol. The highest BCUT2D eigenvalue weighted by molar-refractivity contribution is 7.19. The molecule has 4 rings (SSSR count). The van der Waals surface area contributed by atoms with E-state index in [9.17, 15) is 10.1 Å². The van der Waals surface area contributed by atoms with Gasteiger partial charge in [-0.15, -0.1) is 0 Å². The molecule has 3 heterocycles. The minimum atomic E-state index is -0.0688. The molecule has 29 heavy (non-hydrogen) atoms. The smallest absolute Gasteiger partial charge is 0.255 e. The quantitative estimate of drug-likeness (QED) is 0.751. The molecule has 0 atom stereocenters. The van der Waals surface area contributed by atoms with E-state index < -0.39 is 0 Å². The van der Waals surface area contributed by atoms with Crippen molar-refractivity contribution in [1.29, 1.82) is 5.26 Å². The van der Waals surface area contributed by atoms with Gasteiger partial charge in [0.25, 0.3) is 5.91 Å². The van der Waals surface area contributed by atoms with Crippen molar-refractivity contribution in [2.75, 3.05) is 44.2 Å². The Kier molecular flexibility index (Phi) is 5.95. The third-order valence-corrected chi connectivity index (χ3v) is 6.22. The van der Waals surface area contributed by atoms with E-state index in [1.54, 1.807) is 30.5 Å². The van der Waals surface area contributed by atoms with Gasteiger partial charge in [-0.05, 0) is 18.2 Å². The molecule has 148 valence electrons. The number of anilines is 1. The van der Waals surface area contributed by atoms with Crippen LogP contribution in [0, 0.1) is 11.3 Å². The maximum absolute atomic E-state index is 12.8. The van der Waals surface area contributed by atoms with Gasteiger partial charge in [-0.1, -0.05) is 47.2 Å². The second kappa shape index (κ2) is 8.78. The van der Waals surface area contributed by atoms with Crippen LogP contribution in [0.15, 0.2) is 54.4 Å². The third-order valence-electron chi connectivity index (χ3n) is 5.08. The summed E-state index contributed by atoms with van der Waals surface area (Å²) in [5, 5.41) is 10.1. The lowest BCUT2D eigenvalue weighted by atomic mass is 10.1. The summed E-state index contributed by atoms with van der Waals surface area (Å²) in [6, 6.07) is 9.10. The summed E-state index contributed by atoms with van der Waals surface area (Å²) >= 11 is 7.53. The van der Waals surface area contributed by atoms with Gasteiger partial charge in [0, 0.05) is 45.0 Å². The number of aromatic nitrogens is 1. The van der Waals surface area contributed by atoms with Crippen LogP contribution >= 0.6 is 22.9 Å². The number of amides is 1. The van der Waals surface area contributed by atoms with Crippen molar-refractivity contribution < 1.29 is 4.79 Å². The average Bonchev–Trinajstić information content (AvgIpc) is 3.20. The Morgan fingerprint density at radius 1 is 1.24 bits per heavy atom. The molecule has 2 aliphatic heterocycles. The largest absolute Gasteiger partial charge is 0.336 e. The van der Waals surface area contributed by atoms with E-state index in [0.717, 1.165) is 31.3 Å². The zero-order valence-corrected chi connectivity index (χ0v) is 17.4. The molecule has 0 radical (unpaired) electrons. The first-order valence-electron chi connectivity index (χ1n) is 9.41. The van der Waals surface area contributed by atoms with Gasteiger partial charge >= 0.3 is 0 Å². The Balaban J connectivity index is 1.38. The number of hydrogen-bond donors (Lipinski definition) is 0. The standard InChI is InChI=1S/C21H20ClN5OS/c22-19-14-24-21(29-19)27-8-4-3-6-17(27)15-25-9-11-26(12-10-25)20(28)18-7-2-1-5-16(18)13-23/h1-7,14H,8-12,15H2. The summed E-state index contributed by atoms with van der Waals surface area (Å²) in [5.74, 6) is -0.0688. The van der Waals surface area contributed by atoms with Crippen molar-refractivity contribution in [3.63, 3.8) is 0 Å². The minimum Gasteiger partial charge on any atom is -0.336 e. The zero-order valence-electron chi connectivity index (χ0n) is 15.8. The lowest BCUT2D eigenvalue weighted by Gasteiger charge is -2.37. The SMILES string of the molecule is N#Cc1ccccc1C(=O)N1CCN(CC2=CC=CCN2c2ncc(Cl)s2)CC1. The molecule has 1 aromatic heterocycles. The van der Waals surface area contributed by atoms with Gasteiger partial charge in [0.05, 0.1) is 23.4 Å². The van der Waals surface area contributed by atoms with Crippen LogP contribution in [0.3, 0.4) is 0 Å². The molecule has 0 spiro atoms. The van der Waals surface area contributed by atoms with Crippen LogP contribution in [0.5, 0.6) is 0 Å². The number of thiazole rings is 1. The number of carbonyl (C=O) groups is 1. The summed E-state index contributed by atoms with van der Waals surface area (Å²) in [6.45, 7) is 4.43. The van der Waals surface area contributed by atoms with Crippen LogP contribution in [0.4, 0.5) is 5.13 Å². The summed E-state index contributed by atoms with van der Waals surface area (Å²) in [4.78, 5) is 23.6. The Morgan fingerprint density at radius 3 is 2.76 bits per heavy atom. The van der Waals surface area contributed by atoms with E-state index in [-0.39, 0.29) is 5.91 Å². The van der Waals surface area contributed by atoms with Gasteiger partial charge in [-0.2, -0.15) is 5.26 Å². The first kappa shape index (κ1) is 19.6. The summed E-state index contributed by atoms with van der Waals surface area (Å²) in [7, 11) is 0. The first-order chi connectivity index (χ1) is 14.2. The molecule has 0 N–H and O–H groups in total. The molecular formula is C21H20ClN5OS. The van der Waals surface area contributed by atoms with Crippen LogP contribution in [-0.2, 0) is 0 Å². The Labute approximate surface area is 178 Å². The molecule has 6 nitrogen and oxygen atoms in total. The van der Waals surface area contributed by atoms with E-state index in [4.69, 9.17) is 11.6 Å². The van der Waals surface area contributed by atoms with Crippen molar-refractivity contribution in [3.8, 4) is 6.07 Å². The molecule has 0 unspecified atom stereocenters. The first-order valence-corrected chi connectivity index (χ1v) is 10.6. The normalized spacial score (nSPS) is 17.2. The number of nitriles is 1. The van der Waals surface area contributed by atoms with Crippen molar-refractivity contribution in [1.82, 2.24) is 14.8 Å². The van der Waals surface area contributed by atoms with Crippen molar-refractivity contribution in [2.45, 2.75) is 0 Å². The number of allylic oxidation sites excluding steroid dienone is 2. The highest BCUT2D eigenvalue weighted by atomic mass is 35.5. The van der Waals surface area contributed by atoms with Gasteiger partial charge in [0.15, 0.2) is 5.13 Å². The fourth-order valence-electron chi connectivity index (χ4n) is 3.54. The van der Waals surface area contributed by atoms with Gasteiger partial charge in [0.2, 0.25) is 0 Å². The Morgan fingerprint density at radius 2 is 2.03 bits per heavy atom. The molecule has 2 aromatic rings.